The average molecular weight is 305 g/mol. The molecule has 1 aliphatic heterocycles. The van der Waals surface area contributed by atoms with Crippen LogP contribution in [0.15, 0.2) is 4.79 Å². The van der Waals surface area contributed by atoms with Gasteiger partial charge in [-0.05, 0) is 45.3 Å². The maximum Gasteiger partial charge on any atom is 0.262 e. The summed E-state index contributed by atoms with van der Waals surface area (Å²) < 4.78 is 1.99. The summed E-state index contributed by atoms with van der Waals surface area (Å²) in [7, 11) is 0. The maximum atomic E-state index is 13.1. The summed E-state index contributed by atoms with van der Waals surface area (Å²) in [4.78, 5) is 20.1. The van der Waals surface area contributed by atoms with Gasteiger partial charge in [-0.2, -0.15) is 0 Å². The van der Waals surface area contributed by atoms with Crippen molar-refractivity contribution in [2.75, 3.05) is 13.1 Å². The van der Waals surface area contributed by atoms with Gasteiger partial charge in [-0.1, -0.05) is 13.8 Å². The zero-order valence-electron chi connectivity index (χ0n) is 13.2. The number of thiophene rings is 1. The van der Waals surface area contributed by atoms with Crippen molar-refractivity contribution in [2.24, 2.45) is 0 Å². The monoisotopic (exact) mass is 305 g/mol. The molecule has 0 saturated carbocycles. The van der Waals surface area contributed by atoms with Gasteiger partial charge in [0, 0.05) is 16.8 Å². The topological polar surface area (TPSA) is 46.9 Å². The first-order valence-electron chi connectivity index (χ1n) is 7.73. The molecule has 0 amide bonds. The van der Waals surface area contributed by atoms with Gasteiger partial charge in [0.2, 0.25) is 0 Å². The highest BCUT2D eigenvalue weighted by atomic mass is 32.1. The van der Waals surface area contributed by atoms with E-state index in [-0.39, 0.29) is 17.5 Å². The summed E-state index contributed by atoms with van der Waals surface area (Å²) in [5, 5.41) is 4.21. The third-order valence-corrected chi connectivity index (χ3v) is 5.55. The molecule has 21 heavy (non-hydrogen) atoms. The van der Waals surface area contributed by atoms with Gasteiger partial charge in [0.15, 0.2) is 0 Å². The quantitative estimate of drug-likeness (QED) is 0.927. The number of piperidine rings is 1. The first-order chi connectivity index (χ1) is 10.0. The molecule has 0 unspecified atom stereocenters. The van der Waals surface area contributed by atoms with Gasteiger partial charge in [-0.3, -0.25) is 9.36 Å². The van der Waals surface area contributed by atoms with Crippen LogP contribution in [0.25, 0.3) is 10.2 Å². The van der Waals surface area contributed by atoms with Crippen LogP contribution in [0, 0.1) is 13.8 Å². The van der Waals surface area contributed by atoms with E-state index in [2.05, 4.69) is 26.1 Å². The molecule has 114 valence electrons. The second kappa shape index (κ2) is 5.54. The summed E-state index contributed by atoms with van der Waals surface area (Å²) in [6, 6.07) is 0.285. The molecule has 2 aromatic heterocycles. The largest absolute Gasteiger partial charge is 0.317 e. The van der Waals surface area contributed by atoms with Crippen LogP contribution in [-0.2, 0) is 0 Å². The normalized spacial score (nSPS) is 17.0. The molecule has 3 rings (SSSR count). The average Bonchev–Trinajstić information content (AvgIpc) is 2.75. The summed E-state index contributed by atoms with van der Waals surface area (Å²) in [5.41, 5.74) is 1.27. The van der Waals surface area contributed by atoms with E-state index in [1.165, 1.54) is 4.88 Å². The number of rotatable bonds is 2. The van der Waals surface area contributed by atoms with E-state index >= 15 is 0 Å². The molecule has 4 nitrogen and oxygen atoms in total. The predicted molar refractivity (Wildman–Crippen MR) is 88.6 cm³/mol. The molecule has 5 heteroatoms. The third kappa shape index (κ3) is 2.42. The molecule has 0 spiro atoms. The van der Waals surface area contributed by atoms with Gasteiger partial charge < -0.3 is 5.32 Å². The highest BCUT2D eigenvalue weighted by Gasteiger charge is 2.24. The lowest BCUT2D eigenvalue weighted by Crippen LogP contribution is -2.36. The Hall–Kier alpha value is -1.20. The van der Waals surface area contributed by atoms with Gasteiger partial charge in [0.1, 0.15) is 10.7 Å². The summed E-state index contributed by atoms with van der Waals surface area (Å²) in [6.45, 7) is 10.3. The van der Waals surface area contributed by atoms with Crippen molar-refractivity contribution in [1.82, 2.24) is 14.9 Å². The molecule has 3 heterocycles. The molecule has 0 bridgehead atoms. The van der Waals surface area contributed by atoms with Crippen molar-refractivity contribution in [1.29, 1.82) is 0 Å². The highest BCUT2D eigenvalue weighted by Crippen LogP contribution is 2.30. The third-order valence-electron chi connectivity index (χ3n) is 4.45. The maximum absolute atomic E-state index is 13.1. The number of aromatic nitrogens is 2. The molecular weight excluding hydrogens is 282 g/mol. The summed E-state index contributed by atoms with van der Waals surface area (Å²) >= 11 is 1.64. The first-order valence-corrected chi connectivity index (χ1v) is 8.55. The Morgan fingerprint density at radius 3 is 2.57 bits per heavy atom. The van der Waals surface area contributed by atoms with Crippen molar-refractivity contribution < 1.29 is 0 Å². The number of aryl methyl sites for hydroxylation is 2. The Balaban J connectivity index is 2.29. The molecule has 0 radical (unpaired) electrons. The Bertz CT molecular complexity index is 723. The van der Waals surface area contributed by atoms with E-state index in [1.807, 2.05) is 11.5 Å². The zero-order valence-corrected chi connectivity index (χ0v) is 14.0. The van der Waals surface area contributed by atoms with Crippen LogP contribution < -0.4 is 10.9 Å². The number of nitrogens with one attached hydrogen (secondary N) is 1. The fourth-order valence-electron chi connectivity index (χ4n) is 3.15. The van der Waals surface area contributed by atoms with Gasteiger partial charge in [-0.15, -0.1) is 11.3 Å². The lowest BCUT2D eigenvalue weighted by molar-refractivity contribution is 0.347. The lowest BCUT2D eigenvalue weighted by atomic mass is 10.0. The van der Waals surface area contributed by atoms with Crippen molar-refractivity contribution in [2.45, 2.75) is 52.5 Å². The minimum absolute atomic E-state index is 0.164. The smallest absolute Gasteiger partial charge is 0.262 e. The molecule has 1 aliphatic rings. The molecule has 0 aliphatic carbocycles. The molecule has 1 saturated heterocycles. The fourth-order valence-corrected chi connectivity index (χ4v) is 4.17. The molecule has 0 atom stereocenters. The van der Waals surface area contributed by atoms with E-state index < -0.39 is 0 Å². The van der Waals surface area contributed by atoms with Crippen LogP contribution in [0.1, 0.15) is 54.9 Å². The van der Waals surface area contributed by atoms with E-state index in [0.29, 0.717) is 0 Å². The summed E-state index contributed by atoms with van der Waals surface area (Å²) in [5.74, 6) is 1.21. The highest BCUT2D eigenvalue weighted by molar-refractivity contribution is 7.18. The Morgan fingerprint density at radius 1 is 1.29 bits per heavy atom. The molecule has 2 aromatic rings. The van der Waals surface area contributed by atoms with Crippen molar-refractivity contribution in [3.05, 3.63) is 26.6 Å². The van der Waals surface area contributed by atoms with Crippen molar-refractivity contribution in [3.8, 4) is 0 Å². The van der Waals surface area contributed by atoms with E-state index in [1.54, 1.807) is 11.3 Å². The van der Waals surface area contributed by atoms with E-state index in [0.717, 1.165) is 47.5 Å². The number of hydrogen-bond donors (Lipinski definition) is 1. The van der Waals surface area contributed by atoms with Gasteiger partial charge >= 0.3 is 0 Å². The van der Waals surface area contributed by atoms with Crippen LogP contribution in [-0.4, -0.2) is 22.6 Å². The van der Waals surface area contributed by atoms with Crippen LogP contribution >= 0.6 is 11.3 Å². The second-order valence-electron chi connectivity index (χ2n) is 6.24. The lowest BCUT2D eigenvalue weighted by Gasteiger charge is -2.27. The number of fused-ring (bicyclic) bond motifs is 1. The SMILES string of the molecule is Cc1sc2nc(C(C)C)n(C3CCNCC3)c(=O)c2c1C. The van der Waals surface area contributed by atoms with Crippen LogP contribution in [0.4, 0.5) is 0 Å². The minimum atomic E-state index is 0.164. The van der Waals surface area contributed by atoms with E-state index in [4.69, 9.17) is 4.98 Å². The predicted octanol–water partition coefficient (Wildman–Crippen LogP) is 3.12. The Morgan fingerprint density at radius 2 is 1.95 bits per heavy atom. The van der Waals surface area contributed by atoms with Crippen LogP contribution in [0.2, 0.25) is 0 Å². The first kappa shape index (κ1) is 14.7. The molecule has 1 N–H and O–H groups in total. The minimum Gasteiger partial charge on any atom is -0.317 e. The molecular formula is C16H23N3OS. The van der Waals surface area contributed by atoms with Gasteiger partial charge in [-0.25, -0.2) is 4.98 Å². The summed E-state index contributed by atoms with van der Waals surface area (Å²) in [6.07, 6.45) is 2.02. The standard InChI is InChI=1S/C16H23N3OS/c1-9(2)14-18-15-13(10(3)11(4)21-15)16(20)19(14)12-5-7-17-8-6-12/h9,12,17H,5-8H2,1-4H3. The van der Waals surface area contributed by atoms with Crippen LogP contribution in [0.3, 0.4) is 0 Å². The number of nitrogens with zero attached hydrogens (tertiary/aromatic N) is 2. The number of hydrogen-bond acceptors (Lipinski definition) is 4. The molecule has 1 fully saturated rings. The van der Waals surface area contributed by atoms with Crippen molar-refractivity contribution in [3.63, 3.8) is 0 Å². The van der Waals surface area contributed by atoms with E-state index in [9.17, 15) is 4.79 Å². The Labute approximate surface area is 129 Å². The van der Waals surface area contributed by atoms with Crippen molar-refractivity contribution >= 4 is 21.6 Å². The Kier molecular flexibility index (Phi) is 3.88. The fraction of sp³-hybridized carbons (Fsp3) is 0.625. The van der Waals surface area contributed by atoms with Crippen LogP contribution in [0.5, 0.6) is 0 Å². The van der Waals surface area contributed by atoms with Gasteiger partial charge in [0.05, 0.1) is 5.39 Å². The second-order valence-corrected chi connectivity index (χ2v) is 7.45. The molecule has 0 aromatic carbocycles. The zero-order chi connectivity index (χ0) is 15.1. The van der Waals surface area contributed by atoms with Gasteiger partial charge in [0.25, 0.3) is 5.56 Å².